The Morgan fingerprint density at radius 2 is 1.62 bits per heavy atom. The van der Waals surface area contributed by atoms with E-state index in [9.17, 15) is 27.9 Å². The molecule has 2 amide bonds. The van der Waals surface area contributed by atoms with Gasteiger partial charge in [0.15, 0.2) is 0 Å². The van der Waals surface area contributed by atoms with Gasteiger partial charge in [-0.05, 0) is 74.2 Å². The van der Waals surface area contributed by atoms with Gasteiger partial charge in [-0.2, -0.15) is 13.2 Å². The first-order valence-electron chi connectivity index (χ1n) is 13.8. The summed E-state index contributed by atoms with van der Waals surface area (Å²) in [5.41, 5.74) is 1.04. The van der Waals surface area contributed by atoms with E-state index >= 15 is 0 Å². The molecule has 3 aromatic rings. The molecule has 0 aromatic heterocycles. The molecular formula is C32H36F3N3O4. The summed E-state index contributed by atoms with van der Waals surface area (Å²) in [5.74, 6) is -0.785. The van der Waals surface area contributed by atoms with Gasteiger partial charge in [0, 0.05) is 24.3 Å². The van der Waals surface area contributed by atoms with Crippen LogP contribution in [0.5, 0.6) is 0 Å². The second kappa shape index (κ2) is 13.1. The molecule has 10 heteroatoms. The van der Waals surface area contributed by atoms with Gasteiger partial charge in [-0.1, -0.05) is 42.5 Å². The zero-order valence-electron chi connectivity index (χ0n) is 23.8. The minimum atomic E-state index is -4.48. The molecule has 0 bridgehead atoms. The molecule has 0 unspecified atom stereocenters. The van der Waals surface area contributed by atoms with Crippen molar-refractivity contribution in [2.24, 2.45) is 0 Å². The van der Waals surface area contributed by atoms with E-state index in [1.54, 1.807) is 32.0 Å². The zero-order valence-corrected chi connectivity index (χ0v) is 23.8. The molecule has 1 heterocycles. The number of amides is 2. The third kappa shape index (κ3) is 7.56. The van der Waals surface area contributed by atoms with Crippen LogP contribution in [0.3, 0.4) is 0 Å². The number of carbonyl (C=O) groups excluding carboxylic acids is 2. The maximum Gasteiger partial charge on any atom is 0.416 e. The average molecular weight is 584 g/mol. The number of hydrogen-bond acceptors (Lipinski definition) is 5. The minimum Gasteiger partial charge on any atom is -0.390 e. The summed E-state index contributed by atoms with van der Waals surface area (Å²) in [6.45, 7) is 5.81. The van der Waals surface area contributed by atoms with Gasteiger partial charge in [0.05, 0.1) is 35.9 Å². The van der Waals surface area contributed by atoms with Gasteiger partial charge in [-0.15, -0.1) is 0 Å². The van der Waals surface area contributed by atoms with E-state index in [0.717, 1.165) is 23.3 Å². The van der Waals surface area contributed by atoms with Crippen molar-refractivity contribution in [2.75, 3.05) is 19.8 Å². The number of benzene rings is 3. The molecule has 42 heavy (non-hydrogen) atoms. The lowest BCUT2D eigenvalue weighted by molar-refractivity contribution is -0.137. The molecule has 4 rings (SSSR count). The fourth-order valence-corrected chi connectivity index (χ4v) is 5.04. The number of carbonyl (C=O) groups is 2. The fourth-order valence-electron chi connectivity index (χ4n) is 5.04. The maximum atomic E-state index is 13.3. The Morgan fingerprint density at radius 1 is 0.952 bits per heavy atom. The number of ether oxygens (including phenoxy) is 1. The van der Waals surface area contributed by atoms with Gasteiger partial charge in [-0.25, -0.2) is 0 Å². The zero-order chi connectivity index (χ0) is 30.5. The van der Waals surface area contributed by atoms with E-state index < -0.39 is 35.3 Å². The summed E-state index contributed by atoms with van der Waals surface area (Å²) in [4.78, 5) is 26.1. The molecular weight excluding hydrogens is 547 g/mol. The number of nitrogens with one attached hydrogen (secondary N) is 3. The summed E-state index contributed by atoms with van der Waals surface area (Å²) in [7, 11) is 0. The van der Waals surface area contributed by atoms with Crippen molar-refractivity contribution >= 4 is 11.8 Å². The Morgan fingerprint density at radius 3 is 2.24 bits per heavy atom. The van der Waals surface area contributed by atoms with Crippen LogP contribution in [0.4, 0.5) is 13.2 Å². The molecule has 0 radical (unpaired) electrons. The van der Waals surface area contributed by atoms with E-state index in [1.165, 1.54) is 12.1 Å². The molecule has 4 atom stereocenters. The Bertz CT molecular complexity index is 1390. The number of aliphatic hydroxyl groups excluding tert-OH is 1. The van der Waals surface area contributed by atoms with Crippen LogP contribution in [0.2, 0.25) is 0 Å². The van der Waals surface area contributed by atoms with Crippen LogP contribution < -0.4 is 16.0 Å². The number of rotatable bonds is 10. The molecule has 1 saturated heterocycles. The molecule has 7 nitrogen and oxygen atoms in total. The summed E-state index contributed by atoms with van der Waals surface area (Å²) in [6.07, 6.45) is -5.11. The Kier molecular flexibility index (Phi) is 9.71. The highest BCUT2D eigenvalue weighted by Crippen LogP contribution is 2.35. The number of halogens is 3. The van der Waals surface area contributed by atoms with Gasteiger partial charge in [-0.3, -0.25) is 9.59 Å². The van der Waals surface area contributed by atoms with E-state index in [0.29, 0.717) is 24.2 Å². The van der Waals surface area contributed by atoms with Crippen LogP contribution in [-0.4, -0.2) is 48.8 Å². The van der Waals surface area contributed by atoms with Gasteiger partial charge in [0.2, 0.25) is 0 Å². The molecule has 0 aliphatic carbocycles. The molecule has 0 saturated carbocycles. The highest BCUT2D eigenvalue weighted by molar-refractivity contribution is 6.00. The fraction of sp³-hybridized carbons (Fsp3) is 0.375. The van der Waals surface area contributed by atoms with Crippen LogP contribution in [0, 0.1) is 6.92 Å². The molecule has 1 fully saturated rings. The van der Waals surface area contributed by atoms with E-state index in [2.05, 4.69) is 16.0 Å². The quantitative estimate of drug-likeness (QED) is 0.273. The predicted octanol–water partition coefficient (Wildman–Crippen LogP) is 4.89. The average Bonchev–Trinajstić information content (AvgIpc) is 3.46. The highest BCUT2D eigenvalue weighted by Gasteiger charge is 2.39. The van der Waals surface area contributed by atoms with Crippen molar-refractivity contribution in [1.29, 1.82) is 0 Å². The van der Waals surface area contributed by atoms with Crippen molar-refractivity contribution in [3.63, 3.8) is 0 Å². The first kappa shape index (κ1) is 31.2. The van der Waals surface area contributed by atoms with Crippen LogP contribution in [-0.2, 0) is 16.5 Å². The lowest BCUT2D eigenvalue weighted by atomic mass is 9.87. The predicted molar refractivity (Wildman–Crippen MR) is 153 cm³/mol. The van der Waals surface area contributed by atoms with Crippen LogP contribution in [0.15, 0.2) is 72.8 Å². The second-order valence-electron chi connectivity index (χ2n) is 10.9. The molecule has 224 valence electrons. The van der Waals surface area contributed by atoms with Crippen molar-refractivity contribution in [2.45, 2.75) is 57.1 Å². The normalized spacial score (nSPS) is 19.1. The smallest absolute Gasteiger partial charge is 0.390 e. The van der Waals surface area contributed by atoms with E-state index in [1.807, 2.05) is 37.3 Å². The maximum absolute atomic E-state index is 13.3. The summed E-state index contributed by atoms with van der Waals surface area (Å²) >= 11 is 0. The van der Waals surface area contributed by atoms with Crippen molar-refractivity contribution in [3.05, 3.63) is 106 Å². The lowest BCUT2D eigenvalue weighted by Crippen LogP contribution is -2.51. The lowest BCUT2D eigenvalue weighted by Gasteiger charge is -2.32. The summed E-state index contributed by atoms with van der Waals surface area (Å²) in [5, 5.41) is 19.8. The molecule has 3 aromatic carbocycles. The third-order valence-electron chi connectivity index (χ3n) is 7.60. The standard InChI is InChI=1S/C32H36F3N3O4/c1-20-14-24(29(40)37-21(2)23-8-5-4-6-9-23)16-25(15-20)30(41)38-22(3)28(39)18-36-31(12-13-42-19-31)26-10-7-11-27(17-26)32(33,34)35/h4-11,14-17,21-22,28,36,39H,12-13,18-19H2,1-3H3,(H,37,40)(H,38,41)/t21-,22+,28-,31-/m1/s1. The van der Waals surface area contributed by atoms with Gasteiger partial charge in [0.25, 0.3) is 11.8 Å². The minimum absolute atomic E-state index is 0.0000993. The summed E-state index contributed by atoms with van der Waals surface area (Å²) < 4.78 is 45.5. The first-order valence-corrected chi connectivity index (χ1v) is 13.8. The molecule has 4 N–H and O–H groups in total. The van der Waals surface area contributed by atoms with E-state index in [-0.39, 0.29) is 30.7 Å². The van der Waals surface area contributed by atoms with Crippen LogP contribution >= 0.6 is 0 Å². The Labute approximate surface area is 243 Å². The Balaban J connectivity index is 1.39. The SMILES string of the molecule is Cc1cc(C(=O)N[C@@H](C)[C@H](O)CN[C@]2(c3cccc(C(F)(F)F)c3)CCOC2)cc(C(=O)N[C@H](C)c2ccccc2)c1. The Hall–Kier alpha value is -3.73. The summed E-state index contributed by atoms with van der Waals surface area (Å²) in [6, 6.07) is 18.5. The van der Waals surface area contributed by atoms with Gasteiger partial charge >= 0.3 is 6.18 Å². The molecule has 0 spiro atoms. The number of aliphatic hydroxyl groups is 1. The number of alkyl halides is 3. The van der Waals surface area contributed by atoms with Crippen molar-refractivity contribution < 1.29 is 32.6 Å². The van der Waals surface area contributed by atoms with Crippen molar-refractivity contribution in [1.82, 2.24) is 16.0 Å². The number of aryl methyl sites for hydroxylation is 1. The van der Waals surface area contributed by atoms with Gasteiger partial charge in [0.1, 0.15) is 0 Å². The van der Waals surface area contributed by atoms with Crippen molar-refractivity contribution in [3.8, 4) is 0 Å². The highest BCUT2D eigenvalue weighted by atomic mass is 19.4. The van der Waals surface area contributed by atoms with E-state index in [4.69, 9.17) is 4.74 Å². The largest absolute Gasteiger partial charge is 0.416 e. The van der Waals surface area contributed by atoms with Crippen LogP contribution in [0.25, 0.3) is 0 Å². The first-order chi connectivity index (χ1) is 19.9. The monoisotopic (exact) mass is 583 g/mol. The number of hydrogen-bond donors (Lipinski definition) is 4. The topological polar surface area (TPSA) is 99.7 Å². The van der Waals surface area contributed by atoms with Crippen LogP contribution in [0.1, 0.15) is 69.3 Å². The molecule has 1 aliphatic heterocycles. The molecule has 1 aliphatic rings. The third-order valence-corrected chi connectivity index (χ3v) is 7.60. The van der Waals surface area contributed by atoms with Gasteiger partial charge < -0.3 is 25.8 Å². The second-order valence-corrected chi connectivity index (χ2v) is 10.9.